The quantitative estimate of drug-likeness (QED) is 0.849. The number of carboxylic acid groups (broad SMARTS) is 1. The number of aliphatic carboxylic acids is 1. The van der Waals surface area contributed by atoms with Gasteiger partial charge in [-0.3, -0.25) is 4.79 Å². The summed E-state index contributed by atoms with van der Waals surface area (Å²) in [7, 11) is 0. The lowest BCUT2D eigenvalue weighted by atomic mass is 10.0. The molecule has 1 aromatic rings. The second-order valence-electron chi connectivity index (χ2n) is 4.69. The van der Waals surface area contributed by atoms with Gasteiger partial charge in [0.1, 0.15) is 6.07 Å². The van der Waals surface area contributed by atoms with Crippen molar-refractivity contribution in [3.63, 3.8) is 0 Å². The number of benzene rings is 1. The number of rotatable bonds is 4. The molecule has 1 atom stereocenters. The van der Waals surface area contributed by atoms with Gasteiger partial charge in [0.15, 0.2) is 0 Å². The number of nitriles is 1. The van der Waals surface area contributed by atoms with Crippen molar-refractivity contribution in [1.29, 1.82) is 5.26 Å². The molecule has 5 nitrogen and oxygen atoms in total. The standard InChI is InChI=1S/C14H17N3O2/c15-8-11-4-1-2-6-13(11)17-7-3-5-12(10-17)16-9-14(18)19/h1-2,4,6,12,16H,3,5,7,9-10H2,(H,18,19). The minimum absolute atomic E-state index is 0.0155. The number of anilines is 1. The van der Waals surface area contributed by atoms with Gasteiger partial charge in [-0.1, -0.05) is 12.1 Å². The highest BCUT2D eigenvalue weighted by atomic mass is 16.4. The molecular weight excluding hydrogens is 242 g/mol. The van der Waals surface area contributed by atoms with Crippen LogP contribution in [0.2, 0.25) is 0 Å². The molecule has 1 saturated heterocycles. The molecule has 0 spiro atoms. The molecule has 1 unspecified atom stereocenters. The summed E-state index contributed by atoms with van der Waals surface area (Å²) >= 11 is 0. The normalized spacial score (nSPS) is 18.9. The van der Waals surface area contributed by atoms with Crippen molar-refractivity contribution in [1.82, 2.24) is 5.32 Å². The number of carboxylic acids is 1. The van der Waals surface area contributed by atoms with E-state index in [-0.39, 0.29) is 12.6 Å². The molecule has 0 saturated carbocycles. The van der Waals surface area contributed by atoms with Crippen LogP contribution in [0.5, 0.6) is 0 Å². The summed E-state index contributed by atoms with van der Waals surface area (Å²) in [4.78, 5) is 12.7. The molecule has 2 rings (SSSR count). The molecule has 0 aromatic heterocycles. The Kier molecular flexibility index (Phi) is 4.37. The van der Waals surface area contributed by atoms with E-state index in [0.717, 1.165) is 31.6 Å². The van der Waals surface area contributed by atoms with Gasteiger partial charge in [0, 0.05) is 19.1 Å². The molecule has 1 heterocycles. The predicted molar refractivity (Wildman–Crippen MR) is 72.0 cm³/mol. The third kappa shape index (κ3) is 3.46. The monoisotopic (exact) mass is 259 g/mol. The topological polar surface area (TPSA) is 76.4 Å². The van der Waals surface area contributed by atoms with Crippen LogP contribution in [0.25, 0.3) is 0 Å². The fourth-order valence-electron chi connectivity index (χ4n) is 2.44. The van der Waals surface area contributed by atoms with Crippen LogP contribution in [-0.2, 0) is 4.79 Å². The van der Waals surface area contributed by atoms with E-state index < -0.39 is 5.97 Å². The third-order valence-electron chi connectivity index (χ3n) is 3.33. The first kappa shape index (κ1) is 13.4. The first-order valence-corrected chi connectivity index (χ1v) is 6.40. The Balaban J connectivity index is 2.04. The van der Waals surface area contributed by atoms with E-state index in [1.165, 1.54) is 0 Å². The van der Waals surface area contributed by atoms with Crippen molar-refractivity contribution in [3.8, 4) is 6.07 Å². The van der Waals surface area contributed by atoms with E-state index in [4.69, 9.17) is 10.4 Å². The Bertz CT molecular complexity index is 496. The summed E-state index contributed by atoms with van der Waals surface area (Å²) in [5.74, 6) is -0.838. The second-order valence-corrected chi connectivity index (χ2v) is 4.69. The summed E-state index contributed by atoms with van der Waals surface area (Å²) in [6.07, 6.45) is 1.97. The van der Waals surface area contributed by atoms with Gasteiger partial charge in [0.05, 0.1) is 17.8 Å². The maximum absolute atomic E-state index is 10.6. The molecule has 0 aliphatic carbocycles. The Labute approximate surface area is 112 Å². The average Bonchev–Trinajstić information content (AvgIpc) is 2.45. The first-order chi connectivity index (χ1) is 9.20. The maximum atomic E-state index is 10.6. The molecule has 2 N–H and O–H groups in total. The van der Waals surface area contributed by atoms with Gasteiger partial charge in [-0.05, 0) is 25.0 Å². The molecule has 1 aliphatic rings. The number of nitrogens with zero attached hydrogens (tertiary/aromatic N) is 2. The molecule has 19 heavy (non-hydrogen) atoms. The van der Waals surface area contributed by atoms with Gasteiger partial charge in [0.2, 0.25) is 0 Å². The van der Waals surface area contributed by atoms with Crippen LogP contribution in [0, 0.1) is 11.3 Å². The number of nitrogens with one attached hydrogen (secondary N) is 1. The fourth-order valence-corrected chi connectivity index (χ4v) is 2.44. The van der Waals surface area contributed by atoms with E-state index in [1.807, 2.05) is 24.3 Å². The molecule has 1 aliphatic heterocycles. The largest absolute Gasteiger partial charge is 0.480 e. The van der Waals surface area contributed by atoms with Crippen molar-refractivity contribution in [2.75, 3.05) is 24.5 Å². The summed E-state index contributed by atoms with van der Waals surface area (Å²) < 4.78 is 0. The molecule has 100 valence electrons. The minimum atomic E-state index is -0.838. The van der Waals surface area contributed by atoms with Crippen molar-refractivity contribution < 1.29 is 9.90 Å². The van der Waals surface area contributed by atoms with Crippen molar-refractivity contribution in [3.05, 3.63) is 29.8 Å². The van der Waals surface area contributed by atoms with E-state index in [1.54, 1.807) is 0 Å². The van der Waals surface area contributed by atoms with E-state index in [0.29, 0.717) is 5.56 Å². The molecule has 5 heteroatoms. The van der Waals surface area contributed by atoms with Crippen LogP contribution in [0.4, 0.5) is 5.69 Å². The van der Waals surface area contributed by atoms with Gasteiger partial charge in [-0.25, -0.2) is 0 Å². The number of hydrogen-bond acceptors (Lipinski definition) is 4. The average molecular weight is 259 g/mol. The van der Waals surface area contributed by atoms with E-state index in [9.17, 15) is 4.79 Å². The van der Waals surface area contributed by atoms with Gasteiger partial charge >= 0.3 is 5.97 Å². The Morgan fingerprint density at radius 3 is 3.05 bits per heavy atom. The molecule has 0 amide bonds. The molecule has 0 bridgehead atoms. The van der Waals surface area contributed by atoms with Gasteiger partial charge in [-0.2, -0.15) is 5.26 Å². The summed E-state index contributed by atoms with van der Waals surface area (Å²) in [5.41, 5.74) is 1.60. The summed E-state index contributed by atoms with van der Waals surface area (Å²) in [6, 6.07) is 9.89. The van der Waals surface area contributed by atoms with Gasteiger partial charge in [-0.15, -0.1) is 0 Å². The Morgan fingerprint density at radius 2 is 2.32 bits per heavy atom. The Hall–Kier alpha value is -2.06. The zero-order valence-electron chi connectivity index (χ0n) is 10.7. The smallest absolute Gasteiger partial charge is 0.317 e. The van der Waals surface area contributed by atoms with Crippen LogP contribution in [0.1, 0.15) is 18.4 Å². The van der Waals surface area contributed by atoms with Gasteiger partial charge < -0.3 is 15.3 Å². The summed E-state index contributed by atoms with van der Waals surface area (Å²) in [6.45, 7) is 1.63. The van der Waals surface area contributed by atoms with E-state index in [2.05, 4.69) is 16.3 Å². The number of piperidine rings is 1. The first-order valence-electron chi connectivity index (χ1n) is 6.40. The number of para-hydroxylation sites is 1. The van der Waals surface area contributed by atoms with Crippen molar-refractivity contribution >= 4 is 11.7 Å². The molecule has 1 aromatic carbocycles. The number of hydrogen-bond donors (Lipinski definition) is 2. The SMILES string of the molecule is N#Cc1ccccc1N1CCCC(NCC(=O)O)C1. The van der Waals surface area contributed by atoms with Gasteiger partial charge in [0.25, 0.3) is 0 Å². The number of carbonyl (C=O) groups is 1. The maximum Gasteiger partial charge on any atom is 0.317 e. The highest BCUT2D eigenvalue weighted by Gasteiger charge is 2.21. The zero-order chi connectivity index (χ0) is 13.7. The van der Waals surface area contributed by atoms with Crippen LogP contribution in [0.15, 0.2) is 24.3 Å². The van der Waals surface area contributed by atoms with Crippen LogP contribution in [-0.4, -0.2) is 36.8 Å². The lowest BCUT2D eigenvalue weighted by Gasteiger charge is -2.35. The van der Waals surface area contributed by atoms with Crippen molar-refractivity contribution in [2.45, 2.75) is 18.9 Å². The predicted octanol–water partition coefficient (Wildman–Crippen LogP) is 1.20. The Morgan fingerprint density at radius 1 is 1.53 bits per heavy atom. The van der Waals surface area contributed by atoms with Crippen LogP contribution in [0.3, 0.4) is 0 Å². The van der Waals surface area contributed by atoms with Crippen LogP contribution < -0.4 is 10.2 Å². The van der Waals surface area contributed by atoms with Crippen LogP contribution >= 0.6 is 0 Å². The lowest BCUT2D eigenvalue weighted by Crippen LogP contribution is -2.47. The van der Waals surface area contributed by atoms with Crippen molar-refractivity contribution in [2.24, 2.45) is 0 Å². The zero-order valence-corrected chi connectivity index (χ0v) is 10.7. The summed E-state index contributed by atoms with van der Waals surface area (Å²) in [5, 5.41) is 20.8. The fraction of sp³-hybridized carbons (Fsp3) is 0.429. The lowest BCUT2D eigenvalue weighted by molar-refractivity contribution is -0.136. The highest BCUT2D eigenvalue weighted by molar-refractivity contribution is 5.69. The molecular formula is C14H17N3O2. The minimum Gasteiger partial charge on any atom is -0.480 e. The highest BCUT2D eigenvalue weighted by Crippen LogP contribution is 2.23. The molecule has 1 fully saturated rings. The molecule has 0 radical (unpaired) electrons. The second kappa shape index (κ2) is 6.21. The van der Waals surface area contributed by atoms with E-state index >= 15 is 0 Å². The third-order valence-corrected chi connectivity index (χ3v) is 3.33.